The highest BCUT2D eigenvalue weighted by molar-refractivity contribution is 6.09. The van der Waals surface area contributed by atoms with Crippen LogP contribution in [0.1, 0.15) is 31.1 Å². The summed E-state index contributed by atoms with van der Waals surface area (Å²) in [6.45, 7) is 5.52. The van der Waals surface area contributed by atoms with Crippen molar-refractivity contribution in [1.82, 2.24) is 4.98 Å². The van der Waals surface area contributed by atoms with Gasteiger partial charge in [0.25, 0.3) is 0 Å². The van der Waals surface area contributed by atoms with E-state index < -0.39 is 11.5 Å². The number of pyridine rings is 1. The number of aromatic nitrogens is 1. The highest BCUT2D eigenvalue weighted by Gasteiger charge is 2.30. The monoisotopic (exact) mass is 243 g/mol. The molecule has 0 aliphatic heterocycles. The van der Waals surface area contributed by atoms with Crippen molar-refractivity contribution in [2.45, 2.75) is 26.9 Å². The molecule has 2 rings (SSSR count). The molecule has 3 nitrogen and oxygen atoms in total. The molecule has 3 heteroatoms. The summed E-state index contributed by atoms with van der Waals surface area (Å²) in [5, 5.41) is 11.8. The van der Waals surface area contributed by atoms with Gasteiger partial charge in [0.1, 0.15) is 6.10 Å². The maximum absolute atomic E-state index is 12.3. The van der Waals surface area contributed by atoms with Gasteiger partial charge in [-0.3, -0.25) is 9.78 Å². The normalized spacial score (nSPS) is 13.6. The molecule has 1 atom stereocenters. The van der Waals surface area contributed by atoms with Gasteiger partial charge in [-0.1, -0.05) is 45.0 Å². The number of aliphatic hydroxyl groups excluding tert-OH is 1. The molecule has 0 spiro atoms. The molecule has 0 aliphatic rings. The summed E-state index contributed by atoms with van der Waals surface area (Å²) >= 11 is 0. The second kappa shape index (κ2) is 4.50. The maximum Gasteiger partial charge on any atom is 0.193 e. The predicted molar refractivity (Wildman–Crippen MR) is 71.5 cm³/mol. The van der Waals surface area contributed by atoms with Crippen molar-refractivity contribution in [2.24, 2.45) is 5.41 Å². The number of benzene rings is 1. The van der Waals surface area contributed by atoms with Gasteiger partial charge in [0.2, 0.25) is 0 Å². The maximum atomic E-state index is 12.3. The van der Waals surface area contributed by atoms with Crippen LogP contribution >= 0.6 is 0 Å². The largest absolute Gasteiger partial charge is 0.384 e. The molecule has 0 amide bonds. The van der Waals surface area contributed by atoms with Gasteiger partial charge in [-0.2, -0.15) is 0 Å². The van der Waals surface area contributed by atoms with Gasteiger partial charge in [-0.15, -0.1) is 0 Å². The minimum absolute atomic E-state index is 0.271. The summed E-state index contributed by atoms with van der Waals surface area (Å²) in [7, 11) is 0. The lowest BCUT2D eigenvalue weighted by atomic mass is 9.84. The molecule has 0 radical (unpaired) electrons. The Morgan fingerprint density at radius 2 is 1.89 bits per heavy atom. The van der Waals surface area contributed by atoms with E-state index in [1.54, 1.807) is 6.20 Å². The lowest BCUT2D eigenvalue weighted by Crippen LogP contribution is -2.34. The average molecular weight is 243 g/mol. The molecule has 0 saturated heterocycles. The van der Waals surface area contributed by atoms with Crippen LogP contribution in [-0.2, 0) is 0 Å². The third kappa shape index (κ3) is 2.27. The highest BCUT2D eigenvalue weighted by Crippen LogP contribution is 2.25. The van der Waals surface area contributed by atoms with Crippen LogP contribution in [0.2, 0.25) is 0 Å². The average Bonchev–Trinajstić information content (AvgIpc) is 2.35. The highest BCUT2D eigenvalue weighted by atomic mass is 16.3. The molecule has 94 valence electrons. The van der Waals surface area contributed by atoms with Crippen molar-refractivity contribution in [3.63, 3.8) is 0 Å². The number of hydrogen-bond acceptors (Lipinski definition) is 3. The van der Waals surface area contributed by atoms with Gasteiger partial charge in [0, 0.05) is 23.3 Å². The number of rotatable bonds is 2. The Balaban J connectivity index is 2.52. The Morgan fingerprint density at radius 3 is 2.56 bits per heavy atom. The second-order valence-electron chi connectivity index (χ2n) is 5.54. The van der Waals surface area contributed by atoms with Crippen LogP contribution in [0.25, 0.3) is 10.8 Å². The first-order chi connectivity index (χ1) is 8.41. The lowest BCUT2D eigenvalue weighted by Gasteiger charge is -2.24. The number of aliphatic hydroxyl groups is 1. The van der Waals surface area contributed by atoms with Crippen LogP contribution in [0, 0.1) is 5.41 Å². The van der Waals surface area contributed by atoms with E-state index in [0.29, 0.717) is 5.56 Å². The molecule has 1 aromatic heterocycles. The first-order valence-electron chi connectivity index (χ1n) is 5.96. The summed E-state index contributed by atoms with van der Waals surface area (Å²) in [4.78, 5) is 16.4. The standard InChI is InChI=1S/C15H17NO2/c1-15(2,3)14(18)13(17)12-9-16-8-10-6-4-5-7-11(10)12/h4-9,14,18H,1-3H3. The van der Waals surface area contributed by atoms with E-state index in [1.807, 2.05) is 45.0 Å². The van der Waals surface area contributed by atoms with Crippen molar-refractivity contribution in [2.75, 3.05) is 0 Å². The molecule has 1 heterocycles. The Morgan fingerprint density at radius 1 is 1.22 bits per heavy atom. The lowest BCUT2D eigenvalue weighted by molar-refractivity contribution is 0.0444. The van der Waals surface area contributed by atoms with Crippen molar-refractivity contribution in [3.8, 4) is 0 Å². The van der Waals surface area contributed by atoms with Crippen LogP contribution in [0.3, 0.4) is 0 Å². The molecule has 1 N–H and O–H groups in total. The summed E-state index contributed by atoms with van der Waals surface area (Å²) in [6, 6.07) is 7.56. The van der Waals surface area contributed by atoms with E-state index >= 15 is 0 Å². The summed E-state index contributed by atoms with van der Waals surface area (Å²) in [5.74, 6) is -0.271. The zero-order valence-corrected chi connectivity index (χ0v) is 10.8. The number of hydrogen-bond donors (Lipinski definition) is 1. The Labute approximate surface area is 106 Å². The topological polar surface area (TPSA) is 50.2 Å². The van der Waals surface area contributed by atoms with Gasteiger partial charge in [0.05, 0.1) is 0 Å². The van der Waals surface area contributed by atoms with Gasteiger partial charge < -0.3 is 5.11 Å². The summed E-state index contributed by atoms with van der Waals surface area (Å²) < 4.78 is 0. The van der Waals surface area contributed by atoms with Crippen LogP contribution in [0.15, 0.2) is 36.7 Å². The van der Waals surface area contributed by atoms with Crippen molar-refractivity contribution >= 4 is 16.6 Å². The molecule has 1 aromatic carbocycles. The summed E-state index contributed by atoms with van der Waals surface area (Å²) in [5.41, 5.74) is 0.00382. The molecular weight excluding hydrogens is 226 g/mol. The molecule has 0 fully saturated rings. The van der Waals surface area contributed by atoms with Crippen LogP contribution in [0.4, 0.5) is 0 Å². The fourth-order valence-corrected chi connectivity index (χ4v) is 1.85. The van der Waals surface area contributed by atoms with Gasteiger partial charge in [-0.05, 0) is 10.8 Å². The molecule has 18 heavy (non-hydrogen) atoms. The minimum atomic E-state index is -1.02. The van der Waals surface area contributed by atoms with E-state index in [2.05, 4.69) is 4.98 Å². The molecule has 0 saturated carbocycles. The second-order valence-corrected chi connectivity index (χ2v) is 5.54. The van der Waals surface area contributed by atoms with E-state index in [0.717, 1.165) is 10.8 Å². The number of ketones is 1. The first kappa shape index (κ1) is 12.7. The number of Topliss-reactive ketones (excluding diaryl/α,β-unsaturated/α-hetero) is 1. The molecule has 0 aliphatic carbocycles. The van der Waals surface area contributed by atoms with Gasteiger partial charge in [0.15, 0.2) is 5.78 Å². The minimum Gasteiger partial charge on any atom is -0.384 e. The number of carbonyl (C=O) groups is 1. The molecule has 2 aromatic rings. The zero-order chi connectivity index (χ0) is 13.3. The van der Waals surface area contributed by atoms with E-state index in [4.69, 9.17) is 0 Å². The third-order valence-corrected chi connectivity index (χ3v) is 3.00. The Hall–Kier alpha value is -1.74. The summed E-state index contributed by atoms with van der Waals surface area (Å²) in [6.07, 6.45) is 2.22. The predicted octanol–water partition coefficient (Wildman–Crippen LogP) is 2.82. The number of fused-ring (bicyclic) bond motifs is 1. The number of carbonyl (C=O) groups excluding carboxylic acids is 1. The van der Waals surface area contributed by atoms with Crippen molar-refractivity contribution in [1.29, 1.82) is 0 Å². The Kier molecular flexibility index (Phi) is 3.18. The third-order valence-electron chi connectivity index (χ3n) is 3.00. The molecule has 0 bridgehead atoms. The smallest absolute Gasteiger partial charge is 0.193 e. The molecule has 1 unspecified atom stereocenters. The quantitative estimate of drug-likeness (QED) is 0.825. The first-order valence-corrected chi connectivity index (χ1v) is 5.96. The van der Waals surface area contributed by atoms with Crippen LogP contribution < -0.4 is 0 Å². The fraction of sp³-hybridized carbons (Fsp3) is 0.333. The van der Waals surface area contributed by atoms with Gasteiger partial charge in [-0.25, -0.2) is 0 Å². The Bertz CT molecular complexity index is 579. The molecular formula is C15H17NO2. The zero-order valence-electron chi connectivity index (χ0n) is 10.8. The fourth-order valence-electron chi connectivity index (χ4n) is 1.85. The van der Waals surface area contributed by atoms with Crippen molar-refractivity contribution < 1.29 is 9.90 Å². The van der Waals surface area contributed by atoms with E-state index in [-0.39, 0.29) is 5.78 Å². The van der Waals surface area contributed by atoms with E-state index in [1.165, 1.54) is 6.20 Å². The SMILES string of the molecule is CC(C)(C)C(O)C(=O)c1cncc2ccccc12. The van der Waals surface area contributed by atoms with Crippen LogP contribution in [0.5, 0.6) is 0 Å². The van der Waals surface area contributed by atoms with Crippen molar-refractivity contribution in [3.05, 3.63) is 42.2 Å². The van der Waals surface area contributed by atoms with Crippen LogP contribution in [-0.4, -0.2) is 22.0 Å². The van der Waals surface area contributed by atoms with Gasteiger partial charge >= 0.3 is 0 Å². The number of nitrogens with zero attached hydrogens (tertiary/aromatic N) is 1. The van der Waals surface area contributed by atoms with E-state index in [9.17, 15) is 9.90 Å².